The number of rotatable bonds is 3. The van der Waals surface area contributed by atoms with Crippen LogP contribution in [0.15, 0.2) is 0 Å². The number of hydrogen-bond donors (Lipinski definition) is 0. The number of anilines is 1. The van der Waals surface area contributed by atoms with Crippen molar-refractivity contribution in [2.45, 2.75) is 25.8 Å². The molecule has 5 heteroatoms. The highest BCUT2D eigenvalue weighted by atomic mass is 16.1. The smallest absolute Gasteiger partial charge is 0.155 e. The van der Waals surface area contributed by atoms with Gasteiger partial charge in [0.1, 0.15) is 5.82 Å². The van der Waals surface area contributed by atoms with Gasteiger partial charge < -0.3 is 9.80 Å². The maximum absolute atomic E-state index is 11.2. The lowest BCUT2D eigenvalue weighted by Crippen LogP contribution is -2.42. The molecule has 1 aromatic heterocycles. The van der Waals surface area contributed by atoms with Gasteiger partial charge in [-0.1, -0.05) is 0 Å². The van der Waals surface area contributed by atoms with Crippen molar-refractivity contribution in [3.8, 4) is 0 Å². The third kappa shape index (κ3) is 2.27. The summed E-state index contributed by atoms with van der Waals surface area (Å²) in [5.41, 5.74) is 1.53. The molecule has 0 bridgehead atoms. The van der Waals surface area contributed by atoms with E-state index in [4.69, 9.17) is 0 Å². The molecular formula is C13H22N4O. The zero-order valence-electron chi connectivity index (χ0n) is 11.7. The first-order chi connectivity index (χ1) is 8.54. The second-order valence-electron chi connectivity index (χ2n) is 5.21. The van der Waals surface area contributed by atoms with Crippen LogP contribution >= 0.6 is 0 Å². The largest absolute Gasteiger partial charge is 0.356 e. The van der Waals surface area contributed by atoms with Crippen LogP contribution in [0.3, 0.4) is 0 Å². The molecule has 0 aliphatic carbocycles. The third-order valence-electron chi connectivity index (χ3n) is 3.92. The first-order valence-electron chi connectivity index (χ1n) is 6.44. The van der Waals surface area contributed by atoms with Gasteiger partial charge in [0, 0.05) is 20.1 Å². The molecule has 0 amide bonds. The molecule has 0 aromatic carbocycles. The molecule has 100 valence electrons. The highest BCUT2D eigenvalue weighted by Gasteiger charge is 2.25. The van der Waals surface area contributed by atoms with Crippen molar-refractivity contribution in [1.82, 2.24) is 14.7 Å². The molecule has 1 aromatic rings. The van der Waals surface area contributed by atoms with Crippen molar-refractivity contribution in [3.63, 3.8) is 0 Å². The second kappa shape index (κ2) is 5.10. The summed E-state index contributed by atoms with van der Waals surface area (Å²) in [6.07, 6.45) is 3.19. The van der Waals surface area contributed by atoms with E-state index in [2.05, 4.69) is 29.0 Å². The molecule has 0 saturated carbocycles. The number of carbonyl (C=O) groups excluding carboxylic acids is 1. The van der Waals surface area contributed by atoms with Crippen LogP contribution in [0.4, 0.5) is 5.82 Å². The summed E-state index contributed by atoms with van der Waals surface area (Å²) < 4.78 is 1.82. The minimum atomic E-state index is 0.495. The fourth-order valence-electron chi connectivity index (χ4n) is 2.77. The minimum Gasteiger partial charge on any atom is -0.356 e. The van der Waals surface area contributed by atoms with Gasteiger partial charge in [-0.3, -0.25) is 9.48 Å². The summed E-state index contributed by atoms with van der Waals surface area (Å²) in [6.45, 7) is 4.11. The van der Waals surface area contributed by atoms with E-state index in [1.54, 1.807) is 0 Å². The number of likely N-dealkylation sites (tertiary alicyclic amines) is 1. The molecule has 18 heavy (non-hydrogen) atoms. The molecule has 1 aliphatic heterocycles. The van der Waals surface area contributed by atoms with E-state index < -0.39 is 0 Å². The number of piperidine rings is 1. The second-order valence-corrected chi connectivity index (χ2v) is 5.21. The maximum atomic E-state index is 11.2. The van der Waals surface area contributed by atoms with Crippen molar-refractivity contribution in [2.75, 3.05) is 32.1 Å². The Balaban J connectivity index is 2.23. The van der Waals surface area contributed by atoms with Crippen LogP contribution in [0.5, 0.6) is 0 Å². The van der Waals surface area contributed by atoms with E-state index in [9.17, 15) is 4.79 Å². The zero-order valence-corrected chi connectivity index (χ0v) is 11.7. The summed E-state index contributed by atoms with van der Waals surface area (Å²) in [5.74, 6) is 0.942. The lowest BCUT2D eigenvalue weighted by Gasteiger charge is -2.36. The molecule has 0 spiro atoms. The van der Waals surface area contributed by atoms with Crippen molar-refractivity contribution in [2.24, 2.45) is 7.05 Å². The Morgan fingerprint density at radius 2 is 1.94 bits per heavy atom. The fraction of sp³-hybridized carbons (Fsp3) is 0.692. The number of hydrogen-bond acceptors (Lipinski definition) is 4. The predicted molar refractivity (Wildman–Crippen MR) is 72.3 cm³/mol. The Morgan fingerprint density at radius 1 is 1.33 bits per heavy atom. The SMILES string of the molecule is Cc1nn(C)c(N(C)C2CCN(C)CC2)c1C=O. The van der Waals surface area contributed by atoms with Gasteiger partial charge >= 0.3 is 0 Å². The Bertz CT molecular complexity index is 432. The Hall–Kier alpha value is -1.36. The van der Waals surface area contributed by atoms with E-state index >= 15 is 0 Å². The predicted octanol–water partition coefficient (Wildman–Crippen LogP) is 1.07. The number of carbonyl (C=O) groups is 1. The van der Waals surface area contributed by atoms with Gasteiger partial charge in [-0.25, -0.2) is 0 Å². The van der Waals surface area contributed by atoms with Gasteiger partial charge in [0.05, 0.1) is 11.3 Å². The molecule has 1 aliphatic rings. The first kappa shape index (κ1) is 13.1. The highest BCUT2D eigenvalue weighted by molar-refractivity contribution is 5.84. The van der Waals surface area contributed by atoms with Gasteiger partial charge in [-0.15, -0.1) is 0 Å². The van der Waals surface area contributed by atoms with Crippen LogP contribution in [0, 0.1) is 6.92 Å². The summed E-state index contributed by atoms with van der Waals surface area (Å²) in [7, 11) is 6.13. The van der Waals surface area contributed by atoms with Crippen molar-refractivity contribution >= 4 is 12.1 Å². The zero-order chi connectivity index (χ0) is 13.3. The molecule has 2 rings (SSSR count). The lowest BCUT2D eigenvalue weighted by atomic mass is 10.0. The average Bonchev–Trinajstić information content (AvgIpc) is 2.63. The topological polar surface area (TPSA) is 41.4 Å². The van der Waals surface area contributed by atoms with Gasteiger partial charge in [-0.05, 0) is 39.9 Å². The van der Waals surface area contributed by atoms with Gasteiger partial charge in [0.25, 0.3) is 0 Å². The van der Waals surface area contributed by atoms with Crippen molar-refractivity contribution in [1.29, 1.82) is 0 Å². The fourth-order valence-corrected chi connectivity index (χ4v) is 2.77. The van der Waals surface area contributed by atoms with Crippen LogP contribution in [0.25, 0.3) is 0 Å². The van der Waals surface area contributed by atoms with E-state index in [-0.39, 0.29) is 0 Å². The van der Waals surface area contributed by atoms with Crippen LogP contribution in [0.2, 0.25) is 0 Å². The Morgan fingerprint density at radius 3 is 2.50 bits per heavy atom. The third-order valence-corrected chi connectivity index (χ3v) is 3.92. The quantitative estimate of drug-likeness (QED) is 0.753. The van der Waals surface area contributed by atoms with Crippen LogP contribution in [-0.4, -0.2) is 54.2 Å². The minimum absolute atomic E-state index is 0.495. The van der Waals surface area contributed by atoms with E-state index in [0.717, 1.165) is 49.3 Å². The number of nitrogens with zero attached hydrogens (tertiary/aromatic N) is 4. The summed E-state index contributed by atoms with van der Waals surface area (Å²) >= 11 is 0. The van der Waals surface area contributed by atoms with E-state index in [1.165, 1.54) is 0 Å². The summed E-state index contributed by atoms with van der Waals surface area (Å²) in [4.78, 5) is 15.8. The Kier molecular flexibility index (Phi) is 3.71. The standard InChI is InChI=1S/C13H22N4O/c1-10-12(9-18)13(17(4)14-10)16(3)11-5-7-15(2)8-6-11/h9,11H,5-8H2,1-4H3. The normalized spacial score (nSPS) is 18.0. The molecule has 1 saturated heterocycles. The maximum Gasteiger partial charge on any atom is 0.155 e. The molecule has 0 unspecified atom stereocenters. The van der Waals surface area contributed by atoms with Gasteiger partial charge in [-0.2, -0.15) is 5.10 Å². The molecular weight excluding hydrogens is 228 g/mol. The van der Waals surface area contributed by atoms with Crippen molar-refractivity contribution in [3.05, 3.63) is 11.3 Å². The first-order valence-corrected chi connectivity index (χ1v) is 6.44. The molecule has 0 N–H and O–H groups in total. The average molecular weight is 250 g/mol. The molecule has 0 atom stereocenters. The van der Waals surface area contributed by atoms with Crippen LogP contribution in [0.1, 0.15) is 28.9 Å². The molecule has 5 nitrogen and oxygen atoms in total. The molecule has 0 radical (unpaired) electrons. The van der Waals surface area contributed by atoms with Gasteiger partial charge in [0.2, 0.25) is 0 Å². The molecule has 1 fully saturated rings. The van der Waals surface area contributed by atoms with E-state index in [0.29, 0.717) is 6.04 Å². The van der Waals surface area contributed by atoms with Crippen LogP contribution < -0.4 is 4.90 Å². The Labute approximate surface area is 108 Å². The van der Waals surface area contributed by atoms with Crippen molar-refractivity contribution < 1.29 is 4.79 Å². The summed E-state index contributed by atoms with van der Waals surface area (Å²) in [5, 5.41) is 4.35. The molecule has 2 heterocycles. The van der Waals surface area contributed by atoms with Crippen LogP contribution in [-0.2, 0) is 7.05 Å². The van der Waals surface area contributed by atoms with Gasteiger partial charge in [0.15, 0.2) is 6.29 Å². The van der Waals surface area contributed by atoms with E-state index in [1.807, 2.05) is 18.7 Å². The monoisotopic (exact) mass is 250 g/mol. The lowest BCUT2D eigenvalue weighted by molar-refractivity contribution is 0.112. The highest BCUT2D eigenvalue weighted by Crippen LogP contribution is 2.25. The number of aldehydes is 1. The number of aromatic nitrogens is 2. The number of aryl methyl sites for hydroxylation is 2. The summed E-state index contributed by atoms with van der Waals surface area (Å²) in [6, 6.07) is 0.495.